The molecular formula is C14H12BrN3S. The fourth-order valence-electron chi connectivity index (χ4n) is 1.95. The highest BCUT2D eigenvalue weighted by Crippen LogP contribution is 2.28. The Kier molecular flexibility index (Phi) is 3.48. The van der Waals surface area contributed by atoms with Gasteiger partial charge >= 0.3 is 0 Å². The van der Waals surface area contributed by atoms with E-state index in [9.17, 15) is 0 Å². The minimum atomic E-state index is 0.705. The molecule has 0 amide bonds. The van der Waals surface area contributed by atoms with Crippen molar-refractivity contribution in [2.45, 2.75) is 13.5 Å². The third-order valence-electron chi connectivity index (χ3n) is 2.83. The van der Waals surface area contributed by atoms with Crippen LogP contribution in [0.2, 0.25) is 0 Å². The molecule has 2 heterocycles. The normalized spacial score (nSPS) is 10.8. The molecule has 2 aromatic heterocycles. The van der Waals surface area contributed by atoms with E-state index in [-0.39, 0.29) is 0 Å². The molecule has 3 aromatic rings. The van der Waals surface area contributed by atoms with Gasteiger partial charge in [0.1, 0.15) is 10.8 Å². The smallest absolute Gasteiger partial charge is 0.134 e. The molecule has 1 N–H and O–H groups in total. The van der Waals surface area contributed by atoms with E-state index >= 15 is 0 Å². The maximum atomic E-state index is 4.41. The van der Waals surface area contributed by atoms with Crippen LogP contribution in [0.25, 0.3) is 10.8 Å². The number of nitrogens with one attached hydrogen (secondary N) is 1. The molecule has 0 radical (unpaired) electrons. The number of halogens is 1. The zero-order valence-corrected chi connectivity index (χ0v) is 12.8. The predicted molar refractivity (Wildman–Crippen MR) is 83.6 cm³/mol. The van der Waals surface area contributed by atoms with Crippen LogP contribution in [0.4, 0.5) is 5.82 Å². The number of benzene rings is 1. The summed E-state index contributed by atoms with van der Waals surface area (Å²) < 4.78 is 1.08. The lowest BCUT2D eigenvalue weighted by atomic mass is 10.1. The molecule has 0 fully saturated rings. The molecular weight excluding hydrogens is 322 g/mol. The van der Waals surface area contributed by atoms with Gasteiger partial charge in [0.05, 0.1) is 6.54 Å². The van der Waals surface area contributed by atoms with E-state index in [0.717, 1.165) is 26.1 Å². The number of pyridine rings is 1. The van der Waals surface area contributed by atoms with Gasteiger partial charge in [0.15, 0.2) is 0 Å². The lowest BCUT2D eigenvalue weighted by molar-refractivity contribution is 1.08. The molecule has 0 unspecified atom stereocenters. The Labute approximate surface area is 123 Å². The van der Waals surface area contributed by atoms with Gasteiger partial charge in [-0.3, -0.25) is 0 Å². The number of rotatable bonds is 3. The predicted octanol–water partition coefficient (Wildman–Crippen LogP) is 4.37. The first kappa shape index (κ1) is 12.6. The summed E-state index contributed by atoms with van der Waals surface area (Å²) in [7, 11) is 0. The summed E-state index contributed by atoms with van der Waals surface area (Å²) in [6.07, 6.45) is 3.72. The highest BCUT2D eigenvalue weighted by Gasteiger charge is 2.05. The number of anilines is 1. The van der Waals surface area contributed by atoms with Crippen LogP contribution in [0.1, 0.15) is 9.88 Å². The van der Waals surface area contributed by atoms with Gasteiger partial charge in [0.2, 0.25) is 0 Å². The summed E-state index contributed by atoms with van der Waals surface area (Å²) >= 11 is 5.27. The van der Waals surface area contributed by atoms with Crippen LogP contribution < -0.4 is 5.32 Å². The van der Waals surface area contributed by atoms with Crippen molar-refractivity contribution in [1.82, 2.24) is 9.97 Å². The Balaban J connectivity index is 1.91. The molecule has 19 heavy (non-hydrogen) atoms. The topological polar surface area (TPSA) is 37.8 Å². The minimum Gasteiger partial charge on any atom is -0.363 e. The van der Waals surface area contributed by atoms with Crippen molar-refractivity contribution in [2.75, 3.05) is 5.32 Å². The number of hydrogen-bond donors (Lipinski definition) is 1. The van der Waals surface area contributed by atoms with Crippen LogP contribution in [0.3, 0.4) is 0 Å². The average molecular weight is 334 g/mol. The Morgan fingerprint density at radius 2 is 2.11 bits per heavy atom. The van der Waals surface area contributed by atoms with Crippen molar-refractivity contribution in [2.24, 2.45) is 0 Å². The van der Waals surface area contributed by atoms with Crippen LogP contribution in [0.5, 0.6) is 0 Å². The first-order valence-electron chi connectivity index (χ1n) is 5.92. The summed E-state index contributed by atoms with van der Waals surface area (Å²) in [6, 6.07) is 8.14. The first-order chi connectivity index (χ1) is 9.24. The second-order valence-electron chi connectivity index (χ2n) is 4.21. The van der Waals surface area contributed by atoms with E-state index in [1.165, 1.54) is 4.88 Å². The molecule has 3 rings (SSSR count). The third-order valence-corrected chi connectivity index (χ3v) is 4.43. The summed E-state index contributed by atoms with van der Waals surface area (Å²) in [4.78, 5) is 9.99. The zero-order chi connectivity index (χ0) is 13.2. The Bertz CT molecular complexity index is 724. The summed E-state index contributed by atoms with van der Waals surface area (Å²) in [5.41, 5.74) is 0. The summed E-state index contributed by atoms with van der Waals surface area (Å²) in [5, 5.41) is 6.71. The lowest BCUT2D eigenvalue weighted by Crippen LogP contribution is -2.01. The fourth-order valence-corrected chi connectivity index (χ4v) is 3.18. The second kappa shape index (κ2) is 5.27. The molecule has 5 heteroatoms. The number of nitrogens with zero attached hydrogens (tertiary/aromatic N) is 2. The Morgan fingerprint density at radius 1 is 1.21 bits per heavy atom. The van der Waals surface area contributed by atoms with E-state index < -0.39 is 0 Å². The molecule has 3 nitrogen and oxygen atoms in total. The lowest BCUT2D eigenvalue weighted by Gasteiger charge is -2.08. The number of fused-ring (bicyclic) bond motifs is 1. The van der Waals surface area contributed by atoms with Crippen LogP contribution in [0.15, 0.2) is 41.1 Å². The standard InChI is InChI=1S/C14H12BrN3S/c1-9-7-17-13(19-9)8-18-14-11-3-2-4-12(15)10(11)5-6-16-14/h2-7H,8H2,1H3,(H,16,18). The van der Waals surface area contributed by atoms with E-state index in [0.29, 0.717) is 6.54 Å². The van der Waals surface area contributed by atoms with Crippen molar-refractivity contribution in [1.29, 1.82) is 0 Å². The monoisotopic (exact) mass is 333 g/mol. The molecule has 1 aromatic carbocycles. The quantitative estimate of drug-likeness (QED) is 0.773. The number of aryl methyl sites for hydroxylation is 1. The average Bonchev–Trinajstić information content (AvgIpc) is 2.83. The van der Waals surface area contributed by atoms with Crippen LogP contribution in [-0.4, -0.2) is 9.97 Å². The molecule has 0 saturated carbocycles. The van der Waals surface area contributed by atoms with Crippen LogP contribution >= 0.6 is 27.3 Å². The molecule has 0 bridgehead atoms. The van der Waals surface area contributed by atoms with Crippen molar-refractivity contribution < 1.29 is 0 Å². The number of aromatic nitrogens is 2. The summed E-state index contributed by atoms with van der Waals surface area (Å²) in [5.74, 6) is 0.895. The fraction of sp³-hybridized carbons (Fsp3) is 0.143. The Morgan fingerprint density at radius 3 is 2.89 bits per heavy atom. The van der Waals surface area contributed by atoms with Crippen LogP contribution in [0, 0.1) is 6.92 Å². The van der Waals surface area contributed by atoms with E-state index in [2.05, 4.69) is 44.2 Å². The molecule has 0 aliphatic rings. The van der Waals surface area contributed by atoms with E-state index in [4.69, 9.17) is 0 Å². The molecule has 0 saturated heterocycles. The van der Waals surface area contributed by atoms with Crippen molar-refractivity contribution in [3.63, 3.8) is 0 Å². The zero-order valence-electron chi connectivity index (χ0n) is 10.4. The van der Waals surface area contributed by atoms with Gasteiger partial charge in [0.25, 0.3) is 0 Å². The largest absolute Gasteiger partial charge is 0.363 e. The van der Waals surface area contributed by atoms with Gasteiger partial charge < -0.3 is 5.32 Å². The van der Waals surface area contributed by atoms with Gasteiger partial charge in [-0.15, -0.1) is 11.3 Å². The molecule has 0 aliphatic heterocycles. The highest BCUT2D eigenvalue weighted by molar-refractivity contribution is 9.10. The van der Waals surface area contributed by atoms with Gasteiger partial charge in [-0.05, 0) is 19.1 Å². The number of thiazole rings is 1. The SMILES string of the molecule is Cc1cnc(CNc2nccc3c(Br)cccc23)s1. The van der Waals surface area contributed by atoms with Gasteiger partial charge in [-0.2, -0.15) is 0 Å². The molecule has 96 valence electrons. The van der Waals surface area contributed by atoms with Gasteiger partial charge in [-0.25, -0.2) is 9.97 Å². The van der Waals surface area contributed by atoms with E-state index in [1.54, 1.807) is 11.3 Å². The molecule has 0 atom stereocenters. The maximum Gasteiger partial charge on any atom is 0.134 e. The summed E-state index contributed by atoms with van der Waals surface area (Å²) in [6.45, 7) is 2.77. The van der Waals surface area contributed by atoms with Crippen molar-refractivity contribution >= 4 is 43.9 Å². The van der Waals surface area contributed by atoms with Gasteiger partial charge in [-0.1, -0.05) is 28.1 Å². The van der Waals surface area contributed by atoms with Crippen molar-refractivity contribution in [3.8, 4) is 0 Å². The second-order valence-corrected chi connectivity index (χ2v) is 6.39. The van der Waals surface area contributed by atoms with Crippen LogP contribution in [-0.2, 0) is 6.54 Å². The Hall–Kier alpha value is -1.46. The molecule has 0 spiro atoms. The van der Waals surface area contributed by atoms with Crippen molar-refractivity contribution in [3.05, 3.63) is 51.0 Å². The number of hydrogen-bond acceptors (Lipinski definition) is 4. The first-order valence-corrected chi connectivity index (χ1v) is 7.53. The molecule has 0 aliphatic carbocycles. The minimum absolute atomic E-state index is 0.705. The van der Waals surface area contributed by atoms with Gasteiger partial charge in [0, 0.05) is 32.5 Å². The highest BCUT2D eigenvalue weighted by atomic mass is 79.9. The third kappa shape index (κ3) is 2.62. The maximum absolute atomic E-state index is 4.41. The van der Waals surface area contributed by atoms with E-state index in [1.807, 2.05) is 30.6 Å².